The van der Waals surface area contributed by atoms with Gasteiger partial charge in [-0.3, -0.25) is 9.59 Å². The smallest absolute Gasteiger partial charge is 0.321 e. The number of ketones is 1. The van der Waals surface area contributed by atoms with Crippen molar-refractivity contribution in [1.82, 2.24) is 20.3 Å². The lowest BCUT2D eigenvalue weighted by Crippen LogP contribution is -2.28. The summed E-state index contributed by atoms with van der Waals surface area (Å²) < 4.78 is 5.12. The molecule has 2 aliphatic heterocycles. The molecule has 1 aliphatic carbocycles. The van der Waals surface area contributed by atoms with Crippen LogP contribution in [-0.2, 0) is 16.0 Å². The summed E-state index contributed by atoms with van der Waals surface area (Å²) in [5, 5.41) is 16.7. The van der Waals surface area contributed by atoms with Crippen LogP contribution in [0.15, 0.2) is 23.5 Å². The van der Waals surface area contributed by atoms with Crippen LogP contribution in [-0.4, -0.2) is 38.9 Å². The molecule has 2 atom stereocenters. The van der Waals surface area contributed by atoms with Crippen molar-refractivity contribution in [3.05, 3.63) is 89.7 Å². The van der Waals surface area contributed by atoms with Crippen molar-refractivity contribution >= 4 is 47.9 Å². The van der Waals surface area contributed by atoms with Crippen LogP contribution in [0.5, 0.6) is 0 Å². The van der Waals surface area contributed by atoms with Crippen LogP contribution in [0.25, 0.3) is 36.1 Å². The minimum Gasteiger partial charge on any atom is -0.515 e. The standard InChI is InChI=1S/C33H34N4O4/c1-8-18-16(5)22-10-21-14(3)15(4)30(36-21)28-29(33(40)41-7)32(39)27-17(6)23(37-31(27)28)11-25-19(9-2)20(13-38)26(35-25)12-24(18)34-22/h8,10-14,29,34-38H,1,9H2,2-7H3/b20-13-,21-10-,23-11-,26-12-/t14-,29+/m0/s1. The molecule has 0 saturated carbocycles. The zero-order chi connectivity index (χ0) is 29.3. The molecule has 3 aliphatic rings. The third kappa shape index (κ3) is 3.66. The first kappa shape index (κ1) is 26.5. The van der Waals surface area contributed by atoms with Gasteiger partial charge in [0.1, 0.15) is 5.92 Å². The predicted molar refractivity (Wildman–Crippen MR) is 160 cm³/mol. The van der Waals surface area contributed by atoms with Crippen molar-refractivity contribution in [3.8, 4) is 0 Å². The largest absolute Gasteiger partial charge is 0.515 e. The second-order valence-electron chi connectivity index (χ2n) is 11.0. The molecule has 8 heteroatoms. The van der Waals surface area contributed by atoms with E-state index in [4.69, 9.17) is 4.74 Å². The third-order valence-electron chi connectivity index (χ3n) is 8.98. The van der Waals surface area contributed by atoms with Gasteiger partial charge in [0.25, 0.3) is 0 Å². The quantitative estimate of drug-likeness (QED) is 0.253. The number of aliphatic hydroxyl groups is 1. The van der Waals surface area contributed by atoms with E-state index in [-0.39, 0.29) is 11.7 Å². The lowest BCUT2D eigenvalue weighted by molar-refractivity contribution is -0.141. The minimum absolute atomic E-state index is 0.0169. The first-order valence-electron chi connectivity index (χ1n) is 13.8. The van der Waals surface area contributed by atoms with Crippen molar-refractivity contribution < 1.29 is 19.4 Å². The highest BCUT2D eigenvalue weighted by atomic mass is 16.5. The summed E-state index contributed by atoms with van der Waals surface area (Å²) in [5.41, 5.74) is 10.2. The van der Waals surface area contributed by atoms with Crippen molar-refractivity contribution in [3.63, 3.8) is 0 Å². The lowest BCUT2D eigenvalue weighted by Gasteiger charge is -2.15. The van der Waals surface area contributed by atoms with E-state index in [9.17, 15) is 14.7 Å². The van der Waals surface area contributed by atoms with Gasteiger partial charge >= 0.3 is 5.97 Å². The number of H-pyrrole nitrogens is 3. The second kappa shape index (κ2) is 9.44. The van der Waals surface area contributed by atoms with Crippen LogP contribution < -0.4 is 26.6 Å². The molecule has 8 nitrogen and oxygen atoms in total. The van der Waals surface area contributed by atoms with Crippen LogP contribution >= 0.6 is 0 Å². The number of aromatic nitrogens is 3. The highest BCUT2D eigenvalue weighted by molar-refractivity contribution is 6.20. The fourth-order valence-electron chi connectivity index (χ4n) is 6.52. The Morgan fingerprint density at radius 2 is 1.78 bits per heavy atom. The summed E-state index contributed by atoms with van der Waals surface area (Å²) >= 11 is 0. The van der Waals surface area contributed by atoms with Crippen molar-refractivity contribution in [2.24, 2.45) is 11.8 Å². The van der Waals surface area contributed by atoms with Gasteiger partial charge in [0.2, 0.25) is 0 Å². The van der Waals surface area contributed by atoms with Gasteiger partial charge in [-0.25, -0.2) is 0 Å². The highest BCUT2D eigenvalue weighted by Crippen LogP contribution is 2.39. The number of Topliss-reactive ketones (excluding diaryl/α,β-unsaturated/α-hetero) is 1. The zero-order valence-electron chi connectivity index (χ0n) is 24.1. The summed E-state index contributed by atoms with van der Waals surface area (Å²) in [6.45, 7) is 14.2. The van der Waals surface area contributed by atoms with Gasteiger partial charge in [0.15, 0.2) is 5.78 Å². The van der Waals surface area contributed by atoms with E-state index in [1.165, 1.54) is 7.11 Å². The summed E-state index contributed by atoms with van der Waals surface area (Å²) in [6.07, 6.45) is 9.68. The van der Waals surface area contributed by atoms with E-state index in [1.807, 2.05) is 45.9 Å². The SMILES string of the molecule is C=Cc1c2[nH]c(c1C)/C=C1\NC(=C(C)[C@@H]1C)C1=c3[nH]/c(c(C)c3C(=O)[C@@H]1C(=O)OC)=C\c1[nH]c(/c(=C\O)c1CC)=C\2. The maximum absolute atomic E-state index is 13.8. The number of allylic oxidation sites excluding steroid dienone is 2. The number of nitrogens with one attached hydrogen (secondary N) is 4. The highest BCUT2D eigenvalue weighted by Gasteiger charge is 2.44. The van der Waals surface area contributed by atoms with Gasteiger partial charge in [-0.05, 0) is 67.7 Å². The Hall–Kier alpha value is -4.72. The van der Waals surface area contributed by atoms with Crippen molar-refractivity contribution in [1.29, 1.82) is 0 Å². The number of hydrogen-bond acceptors (Lipinski definition) is 5. The first-order valence-corrected chi connectivity index (χ1v) is 13.8. The Bertz CT molecular complexity index is 2010. The van der Waals surface area contributed by atoms with Crippen molar-refractivity contribution in [2.45, 2.75) is 41.0 Å². The fourth-order valence-corrected chi connectivity index (χ4v) is 6.52. The number of methoxy groups -OCH3 is 1. The van der Waals surface area contributed by atoms with Crippen LogP contribution in [0.3, 0.4) is 0 Å². The van der Waals surface area contributed by atoms with Gasteiger partial charge in [-0.15, -0.1) is 0 Å². The summed E-state index contributed by atoms with van der Waals surface area (Å²) in [5.74, 6) is -1.90. The van der Waals surface area contributed by atoms with Gasteiger partial charge < -0.3 is 30.1 Å². The summed E-state index contributed by atoms with van der Waals surface area (Å²) in [4.78, 5) is 37.4. The molecule has 5 N–H and O–H groups in total. The molecule has 3 aromatic rings. The van der Waals surface area contributed by atoms with Crippen LogP contribution in [0, 0.1) is 25.7 Å². The number of ether oxygens (including phenoxy) is 1. The van der Waals surface area contributed by atoms with E-state index >= 15 is 0 Å². The second-order valence-corrected chi connectivity index (χ2v) is 11.0. The molecule has 210 valence electrons. The number of carbonyl (C=O) groups excluding carboxylic acids is 2. The monoisotopic (exact) mass is 550 g/mol. The van der Waals surface area contributed by atoms with Crippen LogP contribution in [0.4, 0.5) is 0 Å². The molecule has 3 aromatic heterocycles. The molecule has 0 spiro atoms. The van der Waals surface area contributed by atoms with Gasteiger partial charge in [0, 0.05) is 61.7 Å². The molecule has 0 aromatic carbocycles. The molecule has 0 radical (unpaired) electrons. The molecule has 0 fully saturated rings. The molecule has 0 amide bonds. The zero-order valence-corrected chi connectivity index (χ0v) is 24.1. The Kier molecular flexibility index (Phi) is 6.10. The molecule has 5 heterocycles. The van der Waals surface area contributed by atoms with E-state index in [0.717, 1.165) is 73.3 Å². The summed E-state index contributed by atoms with van der Waals surface area (Å²) in [6, 6.07) is 0. The Morgan fingerprint density at radius 1 is 1.05 bits per heavy atom. The van der Waals surface area contributed by atoms with Crippen molar-refractivity contribution in [2.75, 3.05) is 7.11 Å². The minimum atomic E-state index is -1.06. The molecule has 0 unspecified atom stereocenters. The Balaban J connectivity index is 1.79. The van der Waals surface area contributed by atoms with Crippen LogP contribution in [0.2, 0.25) is 0 Å². The number of carbonyl (C=O) groups is 2. The normalized spacial score (nSPS) is 22.6. The topological polar surface area (TPSA) is 123 Å². The number of aliphatic hydroxyl groups excluding tert-OH is 1. The number of fused-ring (bicyclic) bond motifs is 8. The maximum Gasteiger partial charge on any atom is 0.321 e. The average Bonchev–Trinajstić information content (AvgIpc) is 3.70. The third-order valence-corrected chi connectivity index (χ3v) is 8.98. The Morgan fingerprint density at radius 3 is 2.44 bits per heavy atom. The predicted octanol–water partition coefficient (Wildman–Crippen LogP) is 2.45. The maximum atomic E-state index is 13.8. The van der Waals surface area contributed by atoms with E-state index < -0.39 is 11.9 Å². The number of rotatable bonds is 3. The van der Waals surface area contributed by atoms with Crippen LogP contribution in [0.1, 0.15) is 70.5 Å². The van der Waals surface area contributed by atoms with E-state index in [0.29, 0.717) is 28.1 Å². The summed E-state index contributed by atoms with van der Waals surface area (Å²) in [7, 11) is 1.31. The molecular weight excluding hydrogens is 516 g/mol. The lowest BCUT2D eigenvalue weighted by atomic mass is 9.92. The van der Waals surface area contributed by atoms with Gasteiger partial charge in [0.05, 0.1) is 24.1 Å². The Labute approximate surface area is 237 Å². The van der Waals surface area contributed by atoms with E-state index in [1.54, 1.807) is 0 Å². The number of esters is 1. The molecular formula is C33H34N4O4. The average molecular weight is 551 g/mol. The molecule has 41 heavy (non-hydrogen) atoms. The number of hydrogen-bond donors (Lipinski definition) is 5. The van der Waals surface area contributed by atoms with E-state index in [2.05, 4.69) is 39.8 Å². The molecule has 8 bridgehead atoms. The fraction of sp³-hybridized carbons (Fsp3) is 0.273. The van der Waals surface area contributed by atoms with Gasteiger partial charge in [-0.2, -0.15) is 0 Å². The number of aromatic amines is 3. The first-order chi connectivity index (χ1) is 19.6. The molecule has 0 saturated heterocycles. The molecule has 6 rings (SSSR count). The van der Waals surface area contributed by atoms with Gasteiger partial charge in [-0.1, -0.05) is 26.5 Å².